The topological polar surface area (TPSA) is 37.8 Å². The van der Waals surface area contributed by atoms with Gasteiger partial charge in [-0.1, -0.05) is 19.8 Å². The lowest BCUT2D eigenvalue weighted by Gasteiger charge is -2.17. The van der Waals surface area contributed by atoms with Gasteiger partial charge in [0.25, 0.3) is 0 Å². The predicted octanol–water partition coefficient (Wildman–Crippen LogP) is 2.32. The summed E-state index contributed by atoms with van der Waals surface area (Å²) in [6.07, 6.45) is 8.67. The van der Waals surface area contributed by atoms with Crippen LogP contribution in [0, 0.1) is 5.92 Å². The molecule has 1 unspecified atom stereocenters. The third-order valence-corrected chi connectivity index (χ3v) is 2.87. The van der Waals surface area contributed by atoms with Crippen molar-refractivity contribution in [3.05, 3.63) is 24.3 Å². The highest BCUT2D eigenvalue weighted by atomic mass is 15.0. The van der Waals surface area contributed by atoms with E-state index in [0.717, 1.165) is 18.2 Å². The molecule has 0 bridgehead atoms. The Morgan fingerprint density at radius 3 is 3.00 bits per heavy atom. The molecular weight excluding hydrogens is 186 g/mol. The Morgan fingerprint density at radius 2 is 2.40 bits per heavy atom. The molecule has 0 amide bonds. The van der Waals surface area contributed by atoms with Gasteiger partial charge < -0.3 is 5.32 Å². The van der Waals surface area contributed by atoms with Crippen LogP contribution in [0.3, 0.4) is 0 Å². The molecule has 1 aliphatic carbocycles. The van der Waals surface area contributed by atoms with Crippen molar-refractivity contribution in [2.24, 2.45) is 5.92 Å². The van der Waals surface area contributed by atoms with Crippen molar-refractivity contribution in [3.8, 4) is 0 Å². The summed E-state index contributed by atoms with van der Waals surface area (Å²) in [5.74, 6) is 0.925. The molecule has 0 radical (unpaired) electrons. The highest BCUT2D eigenvalue weighted by molar-refractivity contribution is 5.05. The van der Waals surface area contributed by atoms with Crippen LogP contribution >= 0.6 is 0 Å². The van der Waals surface area contributed by atoms with E-state index >= 15 is 0 Å². The average Bonchev–Trinajstić information content (AvgIpc) is 3.09. The first-order valence-corrected chi connectivity index (χ1v) is 5.89. The molecule has 1 N–H and O–H groups in total. The van der Waals surface area contributed by atoms with Crippen LogP contribution < -0.4 is 5.32 Å². The van der Waals surface area contributed by atoms with E-state index in [1.165, 1.54) is 25.7 Å². The fourth-order valence-electron chi connectivity index (χ4n) is 1.82. The summed E-state index contributed by atoms with van der Waals surface area (Å²) in [7, 11) is 0. The minimum absolute atomic E-state index is 0.431. The van der Waals surface area contributed by atoms with Gasteiger partial charge in [-0.2, -0.15) is 0 Å². The second kappa shape index (κ2) is 5.21. The molecule has 2 rings (SSSR count). The standard InChI is InChI=1S/C12H19N3/c1-2-6-14-12(8-10-3-4-10)11-5-7-13-9-15-11/h5,7,9-10,12,14H,2-4,6,8H2,1H3. The zero-order valence-electron chi connectivity index (χ0n) is 9.32. The van der Waals surface area contributed by atoms with Crippen LogP contribution in [0.4, 0.5) is 0 Å². The zero-order chi connectivity index (χ0) is 10.5. The van der Waals surface area contributed by atoms with E-state index in [1.807, 2.05) is 12.3 Å². The van der Waals surface area contributed by atoms with Gasteiger partial charge in [0.2, 0.25) is 0 Å². The number of nitrogens with zero attached hydrogens (tertiary/aromatic N) is 2. The van der Waals surface area contributed by atoms with Gasteiger partial charge in [-0.25, -0.2) is 9.97 Å². The number of rotatable bonds is 6. The van der Waals surface area contributed by atoms with Crippen LogP contribution in [-0.2, 0) is 0 Å². The van der Waals surface area contributed by atoms with E-state index in [4.69, 9.17) is 0 Å². The lowest BCUT2D eigenvalue weighted by atomic mass is 10.1. The van der Waals surface area contributed by atoms with Crippen LogP contribution in [0.2, 0.25) is 0 Å². The molecule has 0 aliphatic heterocycles. The molecule has 15 heavy (non-hydrogen) atoms. The SMILES string of the molecule is CCCNC(CC1CC1)c1ccncn1. The summed E-state index contributed by atoms with van der Waals surface area (Å²) in [6, 6.07) is 2.45. The van der Waals surface area contributed by atoms with Crippen LogP contribution in [0.1, 0.15) is 44.3 Å². The fraction of sp³-hybridized carbons (Fsp3) is 0.667. The van der Waals surface area contributed by atoms with Crippen molar-refractivity contribution in [1.29, 1.82) is 0 Å². The molecule has 1 aliphatic rings. The summed E-state index contributed by atoms with van der Waals surface area (Å²) >= 11 is 0. The lowest BCUT2D eigenvalue weighted by molar-refractivity contribution is 0.464. The van der Waals surface area contributed by atoms with E-state index in [2.05, 4.69) is 22.2 Å². The number of hydrogen-bond acceptors (Lipinski definition) is 3. The van der Waals surface area contributed by atoms with E-state index in [0.29, 0.717) is 6.04 Å². The largest absolute Gasteiger partial charge is 0.309 e. The maximum atomic E-state index is 4.34. The highest BCUT2D eigenvalue weighted by Gasteiger charge is 2.26. The Hall–Kier alpha value is -0.960. The summed E-state index contributed by atoms with van der Waals surface area (Å²) in [6.45, 7) is 3.27. The van der Waals surface area contributed by atoms with Gasteiger partial charge in [-0.05, 0) is 31.4 Å². The van der Waals surface area contributed by atoms with Gasteiger partial charge in [0.15, 0.2) is 0 Å². The van der Waals surface area contributed by atoms with Gasteiger partial charge in [0, 0.05) is 12.2 Å². The molecule has 3 heteroatoms. The van der Waals surface area contributed by atoms with Crippen molar-refractivity contribution >= 4 is 0 Å². The van der Waals surface area contributed by atoms with Crippen LogP contribution in [0.15, 0.2) is 18.6 Å². The van der Waals surface area contributed by atoms with Crippen LogP contribution in [-0.4, -0.2) is 16.5 Å². The number of hydrogen-bond donors (Lipinski definition) is 1. The van der Waals surface area contributed by atoms with Crippen molar-refractivity contribution in [1.82, 2.24) is 15.3 Å². The van der Waals surface area contributed by atoms with Gasteiger partial charge >= 0.3 is 0 Å². The van der Waals surface area contributed by atoms with Gasteiger partial charge in [0.1, 0.15) is 6.33 Å². The van der Waals surface area contributed by atoms with Gasteiger partial charge in [0.05, 0.1) is 5.69 Å². The Kier molecular flexibility index (Phi) is 3.67. The lowest BCUT2D eigenvalue weighted by Crippen LogP contribution is -2.23. The van der Waals surface area contributed by atoms with Crippen molar-refractivity contribution < 1.29 is 0 Å². The maximum absolute atomic E-state index is 4.34. The first-order valence-electron chi connectivity index (χ1n) is 5.89. The summed E-state index contributed by atoms with van der Waals surface area (Å²) in [5.41, 5.74) is 1.14. The second-order valence-corrected chi connectivity index (χ2v) is 4.32. The van der Waals surface area contributed by atoms with Crippen molar-refractivity contribution in [3.63, 3.8) is 0 Å². The number of aromatic nitrogens is 2. The molecule has 3 nitrogen and oxygen atoms in total. The Morgan fingerprint density at radius 1 is 1.53 bits per heavy atom. The molecule has 1 heterocycles. The quantitative estimate of drug-likeness (QED) is 0.774. The molecule has 1 fully saturated rings. The third kappa shape index (κ3) is 3.27. The second-order valence-electron chi connectivity index (χ2n) is 4.32. The minimum atomic E-state index is 0.431. The molecule has 0 spiro atoms. The maximum Gasteiger partial charge on any atom is 0.115 e. The van der Waals surface area contributed by atoms with Gasteiger partial charge in [-0.15, -0.1) is 0 Å². The summed E-state index contributed by atoms with van der Waals surface area (Å²) in [4.78, 5) is 8.30. The predicted molar refractivity (Wildman–Crippen MR) is 60.4 cm³/mol. The van der Waals surface area contributed by atoms with Crippen LogP contribution in [0.25, 0.3) is 0 Å². The molecule has 1 aromatic heterocycles. The summed E-state index contributed by atoms with van der Waals surface area (Å²) in [5, 5.41) is 3.57. The fourth-order valence-corrected chi connectivity index (χ4v) is 1.82. The van der Waals surface area contributed by atoms with E-state index in [1.54, 1.807) is 6.33 Å². The highest BCUT2D eigenvalue weighted by Crippen LogP contribution is 2.37. The third-order valence-electron chi connectivity index (χ3n) is 2.87. The Balaban J connectivity index is 1.96. The Labute approximate surface area is 91.3 Å². The molecular formula is C12H19N3. The Bertz CT molecular complexity index is 282. The first kappa shape index (κ1) is 10.6. The molecule has 1 aromatic rings. The molecule has 0 saturated heterocycles. The van der Waals surface area contributed by atoms with E-state index in [9.17, 15) is 0 Å². The molecule has 0 aromatic carbocycles. The molecule has 82 valence electrons. The number of nitrogens with one attached hydrogen (secondary N) is 1. The van der Waals surface area contributed by atoms with E-state index < -0.39 is 0 Å². The smallest absolute Gasteiger partial charge is 0.115 e. The minimum Gasteiger partial charge on any atom is -0.309 e. The monoisotopic (exact) mass is 205 g/mol. The summed E-state index contributed by atoms with van der Waals surface area (Å²) < 4.78 is 0. The van der Waals surface area contributed by atoms with Crippen molar-refractivity contribution in [2.45, 2.75) is 38.6 Å². The molecule has 1 atom stereocenters. The normalized spacial score (nSPS) is 17.7. The van der Waals surface area contributed by atoms with Crippen molar-refractivity contribution in [2.75, 3.05) is 6.54 Å². The van der Waals surface area contributed by atoms with E-state index in [-0.39, 0.29) is 0 Å². The molecule has 1 saturated carbocycles. The van der Waals surface area contributed by atoms with Gasteiger partial charge in [-0.3, -0.25) is 0 Å². The first-order chi connectivity index (χ1) is 7.40. The average molecular weight is 205 g/mol. The van der Waals surface area contributed by atoms with Crippen LogP contribution in [0.5, 0.6) is 0 Å². The zero-order valence-corrected chi connectivity index (χ0v) is 9.32.